The predicted octanol–water partition coefficient (Wildman–Crippen LogP) is 1.65. The van der Waals surface area contributed by atoms with Gasteiger partial charge in [0.15, 0.2) is 0 Å². The summed E-state index contributed by atoms with van der Waals surface area (Å²) in [5.74, 6) is -0.147. The number of hydrogen-bond donors (Lipinski definition) is 0. The van der Waals surface area contributed by atoms with Gasteiger partial charge in [0.2, 0.25) is 0 Å². The van der Waals surface area contributed by atoms with E-state index in [1.807, 2.05) is 0 Å². The first-order valence-electron chi connectivity index (χ1n) is 5.35. The van der Waals surface area contributed by atoms with E-state index in [4.69, 9.17) is 9.15 Å². The lowest BCUT2D eigenvalue weighted by Gasteiger charge is -2.08. The maximum absolute atomic E-state index is 11.4. The molecule has 0 atom stereocenters. The van der Waals surface area contributed by atoms with Crippen LogP contribution in [0.4, 0.5) is 0 Å². The number of hydrogen-bond acceptors (Lipinski definition) is 5. The van der Waals surface area contributed by atoms with Crippen LogP contribution in [-0.4, -0.2) is 19.7 Å². The molecule has 1 aromatic carbocycles. The van der Waals surface area contributed by atoms with E-state index in [0.29, 0.717) is 22.3 Å². The lowest BCUT2D eigenvalue weighted by atomic mass is 10.1. The van der Waals surface area contributed by atoms with Gasteiger partial charge in [0.05, 0.1) is 5.39 Å². The number of carbonyl (C=O) groups excluding carboxylic acids is 1. The van der Waals surface area contributed by atoms with Crippen LogP contribution in [0.2, 0.25) is 0 Å². The highest BCUT2D eigenvalue weighted by Crippen LogP contribution is 2.27. The smallest absolute Gasteiger partial charge is 0.337 e. The molecule has 0 amide bonds. The first kappa shape index (κ1) is 12.3. The zero-order chi connectivity index (χ0) is 13.1. The highest BCUT2D eigenvalue weighted by atomic mass is 16.6. The topological polar surface area (TPSA) is 65.7 Å². The number of methoxy groups -OCH3 is 1. The largest absolute Gasteiger partial charge is 0.424 e. The fourth-order valence-corrected chi connectivity index (χ4v) is 1.73. The van der Waals surface area contributed by atoms with Crippen LogP contribution in [0.5, 0.6) is 5.75 Å². The van der Waals surface area contributed by atoms with Gasteiger partial charge in [-0.05, 0) is 24.6 Å². The molecule has 0 unspecified atom stereocenters. The van der Waals surface area contributed by atoms with Crippen LogP contribution in [0.3, 0.4) is 0 Å². The van der Waals surface area contributed by atoms with Gasteiger partial charge in [-0.15, -0.1) is 0 Å². The van der Waals surface area contributed by atoms with Crippen molar-refractivity contribution in [3.63, 3.8) is 0 Å². The van der Waals surface area contributed by atoms with Gasteiger partial charge in [-0.25, -0.2) is 9.59 Å². The molecule has 5 heteroatoms. The van der Waals surface area contributed by atoms with E-state index in [1.165, 1.54) is 13.2 Å². The van der Waals surface area contributed by atoms with Crippen molar-refractivity contribution in [1.29, 1.82) is 0 Å². The lowest BCUT2D eigenvalue weighted by molar-refractivity contribution is -0.138. The summed E-state index contributed by atoms with van der Waals surface area (Å²) in [5, 5.41) is 0.613. The average molecular weight is 248 g/mol. The summed E-state index contributed by atoms with van der Waals surface area (Å²) < 4.78 is 14.9. The van der Waals surface area contributed by atoms with Gasteiger partial charge in [0.1, 0.15) is 17.9 Å². The van der Waals surface area contributed by atoms with Crippen LogP contribution in [0.1, 0.15) is 5.56 Å². The van der Waals surface area contributed by atoms with Gasteiger partial charge in [-0.3, -0.25) is 0 Å². The van der Waals surface area contributed by atoms with Crippen LogP contribution in [0.15, 0.2) is 33.5 Å². The second-order valence-electron chi connectivity index (χ2n) is 3.78. The molecule has 2 aromatic rings. The van der Waals surface area contributed by atoms with E-state index < -0.39 is 11.6 Å². The summed E-state index contributed by atoms with van der Waals surface area (Å²) >= 11 is 0. The second-order valence-corrected chi connectivity index (χ2v) is 3.78. The summed E-state index contributed by atoms with van der Waals surface area (Å²) in [7, 11) is 1.41. The Morgan fingerprint density at radius 1 is 1.39 bits per heavy atom. The van der Waals surface area contributed by atoms with Crippen LogP contribution < -0.4 is 10.4 Å². The molecule has 0 aliphatic rings. The molecule has 0 saturated heterocycles. The molecule has 18 heavy (non-hydrogen) atoms. The van der Waals surface area contributed by atoms with Crippen molar-refractivity contribution in [2.75, 3.05) is 13.7 Å². The maximum atomic E-state index is 11.4. The lowest BCUT2D eigenvalue weighted by Crippen LogP contribution is -2.14. The van der Waals surface area contributed by atoms with E-state index in [0.717, 1.165) is 0 Å². The molecule has 94 valence electrons. The summed E-state index contributed by atoms with van der Waals surface area (Å²) in [6.45, 7) is 1.62. The monoisotopic (exact) mass is 248 g/mol. The van der Waals surface area contributed by atoms with Gasteiger partial charge >= 0.3 is 11.6 Å². The van der Waals surface area contributed by atoms with Gasteiger partial charge in [-0.2, -0.15) is 0 Å². The normalized spacial score (nSPS) is 10.6. The van der Waals surface area contributed by atoms with Crippen molar-refractivity contribution in [2.24, 2.45) is 0 Å². The van der Waals surface area contributed by atoms with E-state index in [9.17, 15) is 9.59 Å². The van der Waals surface area contributed by atoms with E-state index in [-0.39, 0.29) is 6.61 Å². The quantitative estimate of drug-likeness (QED) is 0.469. The Hall–Kier alpha value is -2.14. The number of carbonyl (C=O) groups is 1. The molecule has 0 bridgehead atoms. The first-order valence-corrected chi connectivity index (χ1v) is 5.35. The minimum absolute atomic E-state index is 0.133. The zero-order valence-corrected chi connectivity index (χ0v) is 10.1. The second kappa shape index (κ2) is 5.01. The molecular formula is C13H12O5. The number of esters is 1. The Morgan fingerprint density at radius 2 is 2.17 bits per heavy atom. The molecule has 2 rings (SSSR count). The average Bonchev–Trinajstić information content (AvgIpc) is 2.28. The van der Waals surface area contributed by atoms with Crippen molar-refractivity contribution in [2.45, 2.75) is 6.92 Å². The molecule has 1 heterocycles. The summed E-state index contributed by atoms with van der Waals surface area (Å²) in [5.41, 5.74) is 0.658. The molecule has 0 radical (unpaired) electrons. The van der Waals surface area contributed by atoms with E-state index >= 15 is 0 Å². The molecule has 0 aliphatic carbocycles. The minimum atomic E-state index is -0.504. The number of benzene rings is 1. The summed E-state index contributed by atoms with van der Waals surface area (Å²) in [6.07, 6.45) is 0. The van der Waals surface area contributed by atoms with Gasteiger partial charge in [-0.1, -0.05) is 6.07 Å². The molecule has 0 fully saturated rings. The molecule has 0 saturated carbocycles. The van der Waals surface area contributed by atoms with Crippen molar-refractivity contribution >= 4 is 16.9 Å². The Bertz CT molecular complexity index is 641. The number of ether oxygens (including phenoxy) is 2. The maximum Gasteiger partial charge on any atom is 0.337 e. The first-order chi connectivity index (χ1) is 8.61. The van der Waals surface area contributed by atoms with Crippen molar-refractivity contribution < 1.29 is 18.7 Å². The highest BCUT2D eigenvalue weighted by molar-refractivity contribution is 5.89. The third-order valence-electron chi connectivity index (χ3n) is 2.41. The molecule has 0 aliphatic heterocycles. The van der Waals surface area contributed by atoms with E-state index in [2.05, 4.69) is 4.74 Å². The molecule has 0 spiro atoms. The molecule has 1 aromatic heterocycles. The van der Waals surface area contributed by atoms with Crippen molar-refractivity contribution in [3.05, 3.63) is 40.2 Å². The minimum Gasteiger partial charge on any atom is -0.424 e. The third-order valence-corrected chi connectivity index (χ3v) is 2.41. The Labute approximate surface area is 103 Å². The van der Waals surface area contributed by atoms with Gasteiger partial charge < -0.3 is 13.9 Å². The number of fused-ring (bicyclic) bond motifs is 1. The van der Waals surface area contributed by atoms with Crippen molar-refractivity contribution in [3.8, 4) is 5.75 Å². The zero-order valence-electron chi connectivity index (χ0n) is 10.1. The standard InChI is InChI=1S/C13H12O5/c1-8-6-11(14)17-9-4-3-5-10(13(8)9)18-12(15)7-16-2/h3-6H,7H2,1-2H3. The molecular weight excluding hydrogens is 236 g/mol. The molecule has 0 N–H and O–H groups in total. The highest BCUT2D eigenvalue weighted by Gasteiger charge is 2.11. The Balaban J connectivity index is 2.51. The summed E-state index contributed by atoms with van der Waals surface area (Å²) in [6, 6.07) is 6.30. The third kappa shape index (κ3) is 2.41. The van der Waals surface area contributed by atoms with Crippen LogP contribution in [0.25, 0.3) is 11.0 Å². The van der Waals surface area contributed by atoms with E-state index in [1.54, 1.807) is 25.1 Å². The Kier molecular flexibility index (Phi) is 3.43. The van der Waals surface area contributed by atoms with Crippen LogP contribution in [0, 0.1) is 6.92 Å². The SMILES string of the molecule is COCC(=O)Oc1cccc2oc(=O)cc(C)c12. The van der Waals surface area contributed by atoms with Crippen LogP contribution in [-0.2, 0) is 9.53 Å². The number of rotatable bonds is 3. The molecule has 5 nitrogen and oxygen atoms in total. The van der Waals surface area contributed by atoms with Crippen molar-refractivity contribution in [1.82, 2.24) is 0 Å². The number of aryl methyl sites for hydroxylation is 1. The Morgan fingerprint density at radius 3 is 2.89 bits per heavy atom. The fraction of sp³-hybridized carbons (Fsp3) is 0.231. The van der Waals surface area contributed by atoms with Crippen LogP contribution >= 0.6 is 0 Å². The predicted molar refractivity (Wildman–Crippen MR) is 64.7 cm³/mol. The summed E-state index contributed by atoms with van der Waals surface area (Å²) in [4.78, 5) is 22.6. The van der Waals surface area contributed by atoms with Gasteiger partial charge in [0, 0.05) is 13.2 Å². The van der Waals surface area contributed by atoms with Gasteiger partial charge in [0.25, 0.3) is 0 Å². The fourth-order valence-electron chi connectivity index (χ4n) is 1.73.